The summed E-state index contributed by atoms with van der Waals surface area (Å²) in [6.07, 6.45) is 3.64. The summed E-state index contributed by atoms with van der Waals surface area (Å²) >= 11 is 9.58. The first-order valence-corrected chi connectivity index (χ1v) is 6.91. The lowest BCUT2D eigenvalue weighted by atomic mass is 10.1. The van der Waals surface area contributed by atoms with E-state index in [0.717, 1.165) is 27.2 Å². The van der Waals surface area contributed by atoms with Crippen molar-refractivity contribution in [1.82, 2.24) is 10.3 Å². The summed E-state index contributed by atoms with van der Waals surface area (Å²) in [5.41, 5.74) is 2.26. The molecule has 1 aromatic carbocycles. The van der Waals surface area contributed by atoms with Crippen LogP contribution in [0.25, 0.3) is 0 Å². The molecule has 0 aliphatic heterocycles. The molecule has 1 N–H and O–H groups in total. The summed E-state index contributed by atoms with van der Waals surface area (Å²) in [6.45, 7) is 2.87. The third-order valence-corrected chi connectivity index (χ3v) is 3.52. The molecular formula is C14H14BrClN2. The van der Waals surface area contributed by atoms with Crippen molar-refractivity contribution in [2.24, 2.45) is 0 Å². The van der Waals surface area contributed by atoms with E-state index in [1.54, 1.807) is 6.20 Å². The number of hydrogen-bond acceptors (Lipinski definition) is 2. The molecule has 1 heterocycles. The molecule has 1 atom stereocenters. The average Bonchev–Trinajstić information content (AvgIpc) is 2.37. The van der Waals surface area contributed by atoms with E-state index >= 15 is 0 Å². The second kappa shape index (κ2) is 6.32. The van der Waals surface area contributed by atoms with Crippen molar-refractivity contribution < 1.29 is 0 Å². The Labute approximate surface area is 121 Å². The van der Waals surface area contributed by atoms with Crippen LogP contribution in [0.15, 0.2) is 47.2 Å². The minimum Gasteiger partial charge on any atom is -0.306 e. The lowest BCUT2D eigenvalue weighted by molar-refractivity contribution is 0.574. The van der Waals surface area contributed by atoms with Crippen LogP contribution in [0.3, 0.4) is 0 Å². The molecule has 18 heavy (non-hydrogen) atoms. The first-order valence-electron chi connectivity index (χ1n) is 5.74. The zero-order chi connectivity index (χ0) is 13.0. The topological polar surface area (TPSA) is 24.9 Å². The minimum absolute atomic E-state index is 0.206. The molecule has 0 amide bonds. The maximum Gasteiger partial charge on any atom is 0.0453 e. The van der Waals surface area contributed by atoms with Crippen molar-refractivity contribution in [2.45, 2.75) is 19.5 Å². The fraction of sp³-hybridized carbons (Fsp3) is 0.214. The Kier molecular flexibility index (Phi) is 4.75. The first kappa shape index (κ1) is 13.5. The van der Waals surface area contributed by atoms with Gasteiger partial charge in [-0.05, 0) is 46.1 Å². The second-order valence-corrected chi connectivity index (χ2v) is 5.46. The zero-order valence-electron chi connectivity index (χ0n) is 10.0. The van der Waals surface area contributed by atoms with Crippen LogP contribution in [0, 0.1) is 0 Å². The maximum atomic E-state index is 6.17. The quantitative estimate of drug-likeness (QED) is 0.904. The second-order valence-electron chi connectivity index (χ2n) is 4.14. The highest BCUT2D eigenvalue weighted by Crippen LogP contribution is 2.22. The number of aromatic nitrogens is 1. The number of hydrogen-bond donors (Lipinski definition) is 1. The average molecular weight is 326 g/mol. The lowest BCUT2D eigenvalue weighted by Crippen LogP contribution is -2.18. The Hall–Kier alpha value is -0.900. The Balaban J connectivity index is 2.00. The van der Waals surface area contributed by atoms with Gasteiger partial charge in [0.15, 0.2) is 0 Å². The van der Waals surface area contributed by atoms with Gasteiger partial charge in [0.2, 0.25) is 0 Å². The molecule has 2 nitrogen and oxygen atoms in total. The Morgan fingerprint density at radius 1 is 1.33 bits per heavy atom. The molecule has 1 aromatic heterocycles. The van der Waals surface area contributed by atoms with Gasteiger partial charge < -0.3 is 5.32 Å². The molecule has 0 saturated heterocycles. The summed E-state index contributed by atoms with van der Waals surface area (Å²) in [5, 5.41) is 4.23. The van der Waals surface area contributed by atoms with E-state index in [4.69, 9.17) is 11.6 Å². The van der Waals surface area contributed by atoms with Gasteiger partial charge in [0.1, 0.15) is 0 Å². The van der Waals surface area contributed by atoms with E-state index in [0.29, 0.717) is 0 Å². The van der Waals surface area contributed by atoms with Crippen molar-refractivity contribution in [3.05, 3.63) is 63.3 Å². The van der Waals surface area contributed by atoms with E-state index in [-0.39, 0.29) is 6.04 Å². The fourth-order valence-corrected chi connectivity index (χ4v) is 2.47. The summed E-state index contributed by atoms with van der Waals surface area (Å²) in [7, 11) is 0. The van der Waals surface area contributed by atoms with E-state index in [2.05, 4.69) is 39.2 Å². The van der Waals surface area contributed by atoms with Crippen LogP contribution in [-0.2, 0) is 6.54 Å². The number of pyridine rings is 1. The Morgan fingerprint density at radius 3 is 2.83 bits per heavy atom. The number of rotatable bonds is 4. The van der Waals surface area contributed by atoms with Crippen LogP contribution in [0.5, 0.6) is 0 Å². The highest BCUT2D eigenvalue weighted by molar-refractivity contribution is 9.10. The molecule has 0 aliphatic rings. The van der Waals surface area contributed by atoms with Gasteiger partial charge in [-0.25, -0.2) is 0 Å². The molecule has 0 spiro atoms. The molecule has 0 aliphatic carbocycles. The third-order valence-electron chi connectivity index (χ3n) is 2.75. The standard InChI is InChI=1S/C14H14BrClN2/c1-10(13-4-2-3-5-14(13)16)18-8-11-6-12(15)9-17-7-11/h2-7,9-10,18H,8H2,1H3/t10-/m0/s1. The van der Waals surface area contributed by atoms with E-state index in [9.17, 15) is 0 Å². The van der Waals surface area contributed by atoms with Crippen molar-refractivity contribution in [2.75, 3.05) is 0 Å². The van der Waals surface area contributed by atoms with Crippen molar-refractivity contribution in [3.63, 3.8) is 0 Å². The van der Waals surface area contributed by atoms with E-state index in [1.807, 2.05) is 30.5 Å². The predicted octanol–water partition coefficient (Wildman–Crippen LogP) is 4.35. The van der Waals surface area contributed by atoms with Gasteiger partial charge in [-0.3, -0.25) is 4.98 Å². The maximum absolute atomic E-state index is 6.17. The highest BCUT2D eigenvalue weighted by atomic mass is 79.9. The summed E-state index contributed by atoms with van der Waals surface area (Å²) in [6, 6.07) is 10.2. The highest BCUT2D eigenvalue weighted by Gasteiger charge is 2.08. The van der Waals surface area contributed by atoms with Crippen LogP contribution in [0.1, 0.15) is 24.1 Å². The van der Waals surface area contributed by atoms with Gasteiger partial charge in [-0.15, -0.1) is 0 Å². The monoisotopic (exact) mass is 324 g/mol. The predicted molar refractivity (Wildman–Crippen MR) is 78.6 cm³/mol. The smallest absolute Gasteiger partial charge is 0.0453 e. The van der Waals surface area contributed by atoms with Crippen LogP contribution in [-0.4, -0.2) is 4.98 Å². The van der Waals surface area contributed by atoms with Gasteiger partial charge >= 0.3 is 0 Å². The van der Waals surface area contributed by atoms with E-state index in [1.165, 1.54) is 0 Å². The van der Waals surface area contributed by atoms with Crippen LogP contribution >= 0.6 is 27.5 Å². The number of nitrogens with zero attached hydrogens (tertiary/aromatic N) is 1. The SMILES string of the molecule is C[C@H](NCc1cncc(Br)c1)c1ccccc1Cl. The molecule has 0 unspecified atom stereocenters. The van der Waals surface area contributed by atoms with Crippen LogP contribution in [0.4, 0.5) is 0 Å². The molecular weight excluding hydrogens is 312 g/mol. The summed E-state index contributed by atoms with van der Waals surface area (Å²) in [5.74, 6) is 0. The number of halogens is 2. The van der Waals surface area contributed by atoms with E-state index < -0.39 is 0 Å². The van der Waals surface area contributed by atoms with Crippen LogP contribution in [0.2, 0.25) is 5.02 Å². The van der Waals surface area contributed by atoms with Gasteiger partial charge in [-0.1, -0.05) is 29.8 Å². The lowest BCUT2D eigenvalue weighted by Gasteiger charge is -2.15. The molecule has 0 bridgehead atoms. The number of nitrogens with one attached hydrogen (secondary N) is 1. The fourth-order valence-electron chi connectivity index (χ4n) is 1.76. The molecule has 2 rings (SSSR count). The van der Waals surface area contributed by atoms with Crippen molar-refractivity contribution in [3.8, 4) is 0 Å². The van der Waals surface area contributed by atoms with Crippen molar-refractivity contribution >= 4 is 27.5 Å². The largest absolute Gasteiger partial charge is 0.306 e. The van der Waals surface area contributed by atoms with Crippen molar-refractivity contribution in [1.29, 1.82) is 0 Å². The van der Waals surface area contributed by atoms with Crippen LogP contribution < -0.4 is 5.32 Å². The number of benzene rings is 1. The van der Waals surface area contributed by atoms with Gasteiger partial charge in [0.25, 0.3) is 0 Å². The zero-order valence-corrected chi connectivity index (χ0v) is 12.4. The molecule has 0 fully saturated rings. The molecule has 0 saturated carbocycles. The first-order chi connectivity index (χ1) is 8.66. The van der Waals surface area contributed by atoms with Gasteiger partial charge in [-0.2, -0.15) is 0 Å². The molecule has 94 valence electrons. The third kappa shape index (κ3) is 3.55. The minimum atomic E-state index is 0.206. The molecule has 0 radical (unpaired) electrons. The Bertz CT molecular complexity index is 531. The van der Waals surface area contributed by atoms with Gasteiger partial charge in [0, 0.05) is 34.5 Å². The molecule has 4 heteroatoms. The summed E-state index contributed by atoms with van der Waals surface area (Å²) in [4.78, 5) is 4.14. The normalized spacial score (nSPS) is 12.4. The van der Waals surface area contributed by atoms with Gasteiger partial charge in [0.05, 0.1) is 0 Å². The molecule has 2 aromatic rings. The Morgan fingerprint density at radius 2 is 2.11 bits per heavy atom. The summed E-state index contributed by atoms with van der Waals surface area (Å²) < 4.78 is 0.993.